The molecule has 2 saturated heterocycles. The van der Waals surface area contributed by atoms with Gasteiger partial charge in [0.25, 0.3) is 28.6 Å². The van der Waals surface area contributed by atoms with Gasteiger partial charge < -0.3 is 40.8 Å². The van der Waals surface area contributed by atoms with E-state index in [1.807, 2.05) is 48.5 Å². The van der Waals surface area contributed by atoms with Crippen LogP contribution >= 0.6 is 0 Å². The number of halogens is 4. The number of ether oxygens (including phenoxy) is 2. The van der Waals surface area contributed by atoms with Gasteiger partial charge in [0.05, 0.1) is 25.6 Å². The molecule has 2 aliphatic heterocycles. The third kappa shape index (κ3) is 13.7. The van der Waals surface area contributed by atoms with Crippen LogP contribution in [0.5, 0.6) is 11.5 Å². The molecular weight excluding hydrogens is 969 g/mol. The molecular formula is C45H52F4N16O6S. The number of nitrogens with two attached hydrogens (primary N) is 3. The largest absolute Gasteiger partial charge is 0.492 e. The molecule has 8 heterocycles. The predicted octanol–water partition coefficient (Wildman–Crippen LogP) is 4.41. The number of likely N-dealkylation sites (tertiary alicyclic amines) is 2. The summed E-state index contributed by atoms with van der Waals surface area (Å²) in [7, 11) is -3.57. The number of benzene rings is 2. The van der Waals surface area contributed by atoms with Gasteiger partial charge in [-0.05, 0) is 79.0 Å². The molecule has 8 aromatic rings. The van der Waals surface area contributed by atoms with E-state index in [1.54, 1.807) is 40.3 Å². The standard InChI is InChI=1S/C22H24F2N8O2.C14H20F2N2O.C9H8N6O3S/c23-22(24)8-10-31(14-22)11-13-33-16-5-3-15(4-6-16)7-9-26-20-28-19(25)32-21(29-20)27-18(30-32)17-2-1-12-34-17;15-14(16)6-8-18(11-14)9-10-19-13-3-1-12(2-4-13)5-7-17;1-19(16,17)9-12-7(10)15-8(13-9)11-6(14-15)5-3-2-4-18-5/h1-6,12H,7-11,13-14H2,(H3,25,26,27,28,29,30);1-4H,5-11,17H2;2-4H,1H3,(H2,10,11,12,13,14). The highest BCUT2D eigenvalue weighted by molar-refractivity contribution is 7.90. The lowest BCUT2D eigenvalue weighted by Crippen LogP contribution is -2.29. The smallest absolute Gasteiger partial charge is 0.261 e. The summed E-state index contributed by atoms with van der Waals surface area (Å²) in [6.45, 7) is 3.58. The van der Waals surface area contributed by atoms with Gasteiger partial charge in [0.15, 0.2) is 11.5 Å². The molecule has 27 heteroatoms. The Morgan fingerprint density at radius 2 is 1.15 bits per heavy atom. The van der Waals surface area contributed by atoms with Gasteiger partial charge in [0, 0.05) is 51.8 Å². The van der Waals surface area contributed by atoms with Crippen LogP contribution in [0.15, 0.2) is 99.3 Å². The van der Waals surface area contributed by atoms with Crippen molar-refractivity contribution in [1.29, 1.82) is 0 Å². The van der Waals surface area contributed by atoms with Crippen LogP contribution in [-0.4, -0.2) is 151 Å². The number of aromatic nitrogens is 10. The Kier molecular flexibility index (Phi) is 15.8. The number of rotatable bonds is 17. The van der Waals surface area contributed by atoms with Gasteiger partial charge in [-0.25, -0.2) is 26.0 Å². The highest BCUT2D eigenvalue weighted by atomic mass is 32.2. The van der Waals surface area contributed by atoms with Crippen LogP contribution in [0.25, 0.3) is 34.7 Å². The topological polar surface area (TPSA) is 287 Å². The molecule has 10 rings (SSSR count). The second-order valence-corrected chi connectivity index (χ2v) is 18.7. The molecule has 0 atom stereocenters. The molecule has 0 saturated carbocycles. The lowest BCUT2D eigenvalue weighted by Gasteiger charge is -2.16. The molecule has 2 aromatic carbocycles. The first-order valence-corrected chi connectivity index (χ1v) is 24.5. The number of nitrogens with zero attached hydrogens (tertiary/aromatic N) is 12. The highest BCUT2D eigenvalue weighted by Gasteiger charge is 2.38. The third-order valence-corrected chi connectivity index (χ3v) is 11.9. The lowest BCUT2D eigenvalue weighted by molar-refractivity contribution is 0.0106. The molecule has 0 radical (unpaired) electrons. The van der Waals surface area contributed by atoms with Gasteiger partial charge in [0.2, 0.25) is 39.3 Å². The summed E-state index contributed by atoms with van der Waals surface area (Å²) in [5.74, 6) is -1.28. The number of hydrogen-bond donors (Lipinski definition) is 4. The Hall–Kier alpha value is -7.49. The Labute approximate surface area is 409 Å². The SMILES string of the molecule is CS(=O)(=O)c1nc(N)n2nc(-c3ccco3)nc2n1.NCCc1ccc(OCCN2CCC(F)(F)C2)cc1.Nc1nc(NCCc2ccc(OCCN3CCC(F)(F)C3)cc2)nc2nc(-c3ccco3)nn12. The van der Waals surface area contributed by atoms with Crippen molar-refractivity contribution in [1.82, 2.24) is 58.9 Å². The zero-order valence-corrected chi connectivity index (χ0v) is 39.8. The number of furan rings is 2. The van der Waals surface area contributed by atoms with E-state index < -0.39 is 26.8 Å². The summed E-state index contributed by atoms with van der Waals surface area (Å²) >= 11 is 0. The van der Waals surface area contributed by atoms with E-state index in [4.69, 9.17) is 35.5 Å². The minimum atomic E-state index is -3.57. The van der Waals surface area contributed by atoms with Crippen LogP contribution in [0.4, 0.5) is 35.4 Å². The summed E-state index contributed by atoms with van der Waals surface area (Å²) < 4.78 is 99.4. The normalized spacial score (nSPS) is 15.5. The number of sulfone groups is 1. The van der Waals surface area contributed by atoms with Gasteiger partial charge in [0.1, 0.15) is 24.7 Å². The maximum absolute atomic E-state index is 13.2. The predicted molar refractivity (Wildman–Crippen MR) is 255 cm³/mol. The van der Waals surface area contributed by atoms with E-state index in [0.717, 1.165) is 34.9 Å². The van der Waals surface area contributed by atoms with Crippen molar-refractivity contribution in [3.63, 3.8) is 0 Å². The minimum absolute atomic E-state index is 0.0409. The van der Waals surface area contributed by atoms with E-state index >= 15 is 0 Å². The van der Waals surface area contributed by atoms with Crippen molar-refractivity contribution in [2.45, 2.75) is 42.7 Å². The first-order chi connectivity index (χ1) is 34.5. The first-order valence-electron chi connectivity index (χ1n) is 22.7. The quantitative estimate of drug-likeness (QED) is 0.0919. The van der Waals surface area contributed by atoms with Crippen molar-refractivity contribution in [3.8, 4) is 34.7 Å². The molecule has 382 valence electrons. The van der Waals surface area contributed by atoms with Crippen molar-refractivity contribution in [3.05, 3.63) is 96.4 Å². The van der Waals surface area contributed by atoms with Crippen LogP contribution < -0.4 is 32.0 Å². The van der Waals surface area contributed by atoms with Gasteiger partial charge in [-0.3, -0.25) is 9.80 Å². The van der Waals surface area contributed by atoms with Crippen molar-refractivity contribution in [2.75, 3.05) is 88.6 Å². The second-order valence-electron chi connectivity index (χ2n) is 16.8. The van der Waals surface area contributed by atoms with Gasteiger partial charge >= 0.3 is 0 Å². The van der Waals surface area contributed by atoms with Gasteiger partial charge in [-0.2, -0.15) is 38.9 Å². The Balaban J connectivity index is 0.000000156. The minimum Gasteiger partial charge on any atom is -0.492 e. The summed E-state index contributed by atoms with van der Waals surface area (Å²) in [5, 5.41) is 11.1. The average Bonchev–Trinajstić information content (AvgIpc) is 4.21. The molecule has 0 unspecified atom stereocenters. The molecule has 2 fully saturated rings. The maximum Gasteiger partial charge on any atom is 0.261 e. The van der Waals surface area contributed by atoms with E-state index in [-0.39, 0.29) is 49.4 Å². The number of fused-ring (bicyclic) bond motifs is 2. The molecule has 0 aliphatic carbocycles. The van der Waals surface area contributed by atoms with Crippen LogP contribution in [0, 0.1) is 0 Å². The van der Waals surface area contributed by atoms with Crippen molar-refractivity contribution in [2.24, 2.45) is 5.73 Å². The van der Waals surface area contributed by atoms with E-state index in [9.17, 15) is 26.0 Å². The van der Waals surface area contributed by atoms with Crippen molar-refractivity contribution >= 4 is 39.2 Å². The maximum atomic E-state index is 13.2. The van der Waals surface area contributed by atoms with Crippen LogP contribution in [-0.2, 0) is 22.7 Å². The number of hydrogen-bond acceptors (Lipinski definition) is 20. The molecule has 0 bridgehead atoms. The van der Waals surface area contributed by atoms with E-state index in [0.29, 0.717) is 87.3 Å². The fraction of sp³-hybridized carbons (Fsp3) is 0.378. The molecule has 6 aromatic heterocycles. The molecule has 72 heavy (non-hydrogen) atoms. The lowest BCUT2D eigenvalue weighted by atomic mass is 10.1. The zero-order valence-electron chi connectivity index (χ0n) is 39.0. The zero-order chi connectivity index (χ0) is 50.9. The van der Waals surface area contributed by atoms with Crippen LogP contribution in [0.2, 0.25) is 0 Å². The summed E-state index contributed by atoms with van der Waals surface area (Å²) in [6, 6.07) is 22.3. The summed E-state index contributed by atoms with van der Waals surface area (Å²) in [5.41, 5.74) is 19.4. The number of alkyl halides is 4. The van der Waals surface area contributed by atoms with E-state index in [2.05, 4.69) is 45.4 Å². The average molecular weight is 1020 g/mol. The first kappa shape index (κ1) is 50.9. The number of anilines is 3. The van der Waals surface area contributed by atoms with E-state index in [1.165, 1.54) is 16.3 Å². The van der Waals surface area contributed by atoms with Gasteiger partial charge in [-0.15, -0.1) is 10.2 Å². The second kappa shape index (κ2) is 22.3. The Morgan fingerprint density at radius 1 is 0.667 bits per heavy atom. The monoisotopic (exact) mass is 1020 g/mol. The van der Waals surface area contributed by atoms with Crippen molar-refractivity contribution < 1.29 is 44.3 Å². The Bertz CT molecular complexity index is 3120. The fourth-order valence-electron chi connectivity index (χ4n) is 7.43. The Morgan fingerprint density at radius 3 is 1.60 bits per heavy atom. The molecule has 22 nitrogen and oxygen atoms in total. The van der Waals surface area contributed by atoms with Crippen LogP contribution in [0.3, 0.4) is 0 Å². The molecule has 7 N–H and O–H groups in total. The third-order valence-electron chi connectivity index (χ3n) is 11.1. The molecule has 0 amide bonds. The summed E-state index contributed by atoms with van der Waals surface area (Å²) in [6.07, 6.45) is 5.46. The number of nitrogen functional groups attached to an aromatic ring is 2. The number of nitrogens with one attached hydrogen (secondary N) is 1. The summed E-state index contributed by atoms with van der Waals surface area (Å²) in [4.78, 5) is 27.9. The molecule has 0 spiro atoms. The highest BCUT2D eigenvalue weighted by Crippen LogP contribution is 2.28. The fourth-order valence-corrected chi connectivity index (χ4v) is 7.93. The van der Waals surface area contributed by atoms with Crippen LogP contribution in [0.1, 0.15) is 24.0 Å². The van der Waals surface area contributed by atoms with Gasteiger partial charge in [-0.1, -0.05) is 24.3 Å². The molecule has 2 aliphatic rings.